The van der Waals surface area contributed by atoms with Gasteiger partial charge in [0.25, 0.3) is 0 Å². The van der Waals surface area contributed by atoms with Gasteiger partial charge in [0, 0.05) is 0 Å². The Bertz CT molecular complexity index is 670. The molecule has 1 aromatic rings. The Morgan fingerprint density at radius 1 is 1.17 bits per heavy atom. The van der Waals surface area contributed by atoms with Gasteiger partial charge < -0.3 is 14.6 Å². The van der Waals surface area contributed by atoms with Crippen molar-refractivity contribution in [2.45, 2.75) is 52.1 Å². The lowest BCUT2D eigenvalue weighted by Gasteiger charge is -2.47. The van der Waals surface area contributed by atoms with Gasteiger partial charge in [0.2, 0.25) is 0 Å². The minimum atomic E-state index is -0.973. The number of carbonyl (C=O) groups is 2. The number of hydrogen-bond acceptors (Lipinski definition) is 5. The molecule has 1 aromatic carbocycles. The molecule has 2 aliphatic rings. The molecule has 2 fully saturated rings. The fourth-order valence-corrected chi connectivity index (χ4v) is 4.12. The first-order valence-electron chi connectivity index (χ1n) is 8.46. The van der Waals surface area contributed by atoms with Crippen LogP contribution in [0.15, 0.2) is 18.2 Å². The number of ketones is 1. The third kappa shape index (κ3) is 2.38. The van der Waals surface area contributed by atoms with E-state index in [9.17, 15) is 14.7 Å². The molecule has 1 aliphatic heterocycles. The van der Waals surface area contributed by atoms with Gasteiger partial charge in [-0.05, 0) is 44.4 Å². The number of phenols is 1. The summed E-state index contributed by atoms with van der Waals surface area (Å²) < 4.78 is 10.9. The van der Waals surface area contributed by atoms with Gasteiger partial charge in [-0.2, -0.15) is 0 Å². The molecule has 3 rings (SSSR count). The van der Waals surface area contributed by atoms with Crippen molar-refractivity contribution >= 4 is 11.8 Å². The van der Waals surface area contributed by atoms with Gasteiger partial charge in [0.15, 0.2) is 17.3 Å². The number of Topliss-reactive ketones (excluding diaryl/α,β-unsaturated/α-hetero) is 1. The van der Waals surface area contributed by atoms with Crippen molar-refractivity contribution in [3.05, 3.63) is 23.8 Å². The second-order valence-electron chi connectivity index (χ2n) is 7.41. The molecule has 1 saturated carbocycles. The van der Waals surface area contributed by atoms with Gasteiger partial charge in [0.1, 0.15) is 11.5 Å². The molecule has 0 amide bonds. The Morgan fingerprint density at radius 2 is 1.83 bits per heavy atom. The van der Waals surface area contributed by atoms with Crippen LogP contribution in [0.3, 0.4) is 0 Å². The van der Waals surface area contributed by atoms with E-state index in [4.69, 9.17) is 9.47 Å². The molecule has 0 radical (unpaired) electrons. The van der Waals surface area contributed by atoms with Crippen molar-refractivity contribution in [2.75, 3.05) is 7.11 Å². The number of cyclic esters (lactones) is 1. The maximum atomic E-state index is 13.3. The van der Waals surface area contributed by atoms with Gasteiger partial charge in [-0.15, -0.1) is 0 Å². The maximum Gasteiger partial charge on any atom is 0.320 e. The lowest BCUT2D eigenvalue weighted by molar-refractivity contribution is -0.192. The SMILES string of the molecule is COc1cc([C@@H]2OC(=O)C3(CCCCC3)C(=O)C2(C)C)ccc1O. The Labute approximate surface area is 142 Å². The molecule has 1 saturated heterocycles. The first kappa shape index (κ1) is 16.8. The Balaban J connectivity index is 2.00. The molecule has 0 unspecified atom stereocenters. The maximum absolute atomic E-state index is 13.3. The summed E-state index contributed by atoms with van der Waals surface area (Å²) in [6, 6.07) is 4.79. The van der Waals surface area contributed by atoms with E-state index in [1.165, 1.54) is 13.2 Å². The molecule has 1 spiro atoms. The number of carbonyl (C=O) groups excluding carboxylic acids is 2. The predicted molar refractivity (Wildman–Crippen MR) is 87.8 cm³/mol. The summed E-state index contributed by atoms with van der Waals surface area (Å²) in [6.45, 7) is 3.67. The fraction of sp³-hybridized carbons (Fsp3) is 0.579. The molecule has 1 aliphatic carbocycles. The topological polar surface area (TPSA) is 72.8 Å². The van der Waals surface area contributed by atoms with Crippen LogP contribution < -0.4 is 4.74 Å². The molecule has 1 heterocycles. The quantitative estimate of drug-likeness (QED) is 0.662. The van der Waals surface area contributed by atoms with E-state index in [-0.39, 0.29) is 11.5 Å². The van der Waals surface area contributed by atoms with Crippen LogP contribution in [0.25, 0.3) is 0 Å². The van der Waals surface area contributed by atoms with Crippen LogP contribution in [0, 0.1) is 10.8 Å². The number of esters is 1. The van der Waals surface area contributed by atoms with Gasteiger partial charge >= 0.3 is 5.97 Å². The first-order valence-corrected chi connectivity index (χ1v) is 8.46. The van der Waals surface area contributed by atoms with E-state index in [1.807, 2.05) is 13.8 Å². The number of rotatable bonds is 2. The first-order chi connectivity index (χ1) is 11.3. The highest BCUT2D eigenvalue weighted by molar-refractivity contribution is 6.08. The predicted octanol–water partition coefficient (Wildman–Crippen LogP) is 3.54. The molecule has 130 valence electrons. The van der Waals surface area contributed by atoms with Crippen LogP contribution in [0.1, 0.15) is 57.6 Å². The number of benzene rings is 1. The second-order valence-corrected chi connectivity index (χ2v) is 7.41. The summed E-state index contributed by atoms with van der Waals surface area (Å²) in [5.41, 5.74) is -1.14. The summed E-state index contributed by atoms with van der Waals surface area (Å²) >= 11 is 0. The Hall–Kier alpha value is -2.04. The third-order valence-electron chi connectivity index (χ3n) is 5.50. The van der Waals surface area contributed by atoms with E-state index in [2.05, 4.69) is 0 Å². The van der Waals surface area contributed by atoms with Crippen molar-refractivity contribution < 1.29 is 24.2 Å². The number of methoxy groups -OCH3 is 1. The summed E-state index contributed by atoms with van der Waals surface area (Å²) in [5.74, 6) is -0.118. The fourth-order valence-electron chi connectivity index (χ4n) is 4.12. The van der Waals surface area contributed by atoms with Crippen LogP contribution >= 0.6 is 0 Å². The molecule has 5 nitrogen and oxygen atoms in total. The third-order valence-corrected chi connectivity index (χ3v) is 5.50. The highest BCUT2D eigenvalue weighted by Gasteiger charge is 2.60. The minimum Gasteiger partial charge on any atom is -0.504 e. The molecule has 0 aromatic heterocycles. The summed E-state index contributed by atoms with van der Waals surface area (Å²) in [7, 11) is 1.46. The largest absolute Gasteiger partial charge is 0.504 e. The van der Waals surface area contributed by atoms with E-state index in [0.29, 0.717) is 24.2 Å². The number of ether oxygens (including phenoxy) is 2. The lowest BCUT2D eigenvalue weighted by Crippen LogP contribution is -2.55. The van der Waals surface area contributed by atoms with Gasteiger partial charge in [0.05, 0.1) is 12.5 Å². The van der Waals surface area contributed by atoms with Crippen LogP contribution in [0.2, 0.25) is 0 Å². The van der Waals surface area contributed by atoms with Crippen LogP contribution in [-0.4, -0.2) is 24.0 Å². The van der Waals surface area contributed by atoms with E-state index in [0.717, 1.165) is 19.3 Å². The van der Waals surface area contributed by atoms with Crippen molar-refractivity contribution in [2.24, 2.45) is 10.8 Å². The van der Waals surface area contributed by atoms with E-state index >= 15 is 0 Å². The van der Waals surface area contributed by atoms with Crippen LogP contribution in [0.4, 0.5) is 0 Å². The monoisotopic (exact) mass is 332 g/mol. The molecule has 1 atom stereocenters. The highest BCUT2D eigenvalue weighted by atomic mass is 16.5. The molecule has 5 heteroatoms. The van der Waals surface area contributed by atoms with Crippen molar-refractivity contribution in [3.63, 3.8) is 0 Å². The zero-order chi connectivity index (χ0) is 17.5. The van der Waals surface area contributed by atoms with E-state index < -0.39 is 22.9 Å². The average molecular weight is 332 g/mol. The van der Waals surface area contributed by atoms with Crippen molar-refractivity contribution in [3.8, 4) is 11.5 Å². The standard InChI is InChI=1S/C19H24O5/c1-18(2)15(12-7-8-13(20)14(11-12)23-3)24-17(22)19(16(18)21)9-5-4-6-10-19/h7-8,11,15,20H,4-6,9-10H2,1-3H3/t15-/m0/s1. The number of aromatic hydroxyl groups is 1. The number of hydrogen-bond donors (Lipinski definition) is 1. The van der Waals surface area contributed by atoms with Crippen molar-refractivity contribution in [1.82, 2.24) is 0 Å². The lowest BCUT2D eigenvalue weighted by atomic mass is 9.60. The van der Waals surface area contributed by atoms with Gasteiger partial charge in [-0.1, -0.05) is 25.3 Å². The highest BCUT2D eigenvalue weighted by Crippen LogP contribution is 2.53. The van der Waals surface area contributed by atoms with Crippen LogP contribution in [0.5, 0.6) is 11.5 Å². The van der Waals surface area contributed by atoms with Crippen LogP contribution in [-0.2, 0) is 14.3 Å². The summed E-state index contributed by atoms with van der Waals surface area (Å²) in [5, 5.41) is 9.77. The molecular weight excluding hydrogens is 308 g/mol. The normalized spacial score (nSPS) is 25.4. The van der Waals surface area contributed by atoms with Crippen molar-refractivity contribution in [1.29, 1.82) is 0 Å². The molecule has 0 bridgehead atoms. The second kappa shape index (κ2) is 5.80. The van der Waals surface area contributed by atoms with E-state index in [1.54, 1.807) is 12.1 Å². The van der Waals surface area contributed by atoms with Gasteiger partial charge in [-0.3, -0.25) is 9.59 Å². The average Bonchev–Trinajstić information content (AvgIpc) is 2.58. The zero-order valence-corrected chi connectivity index (χ0v) is 14.4. The summed E-state index contributed by atoms with van der Waals surface area (Å²) in [6.07, 6.45) is 3.31. The molecule has 24 heavy (non-hydrogen) atoms. The Kier molecular flexibility index (Phi) is 4.06. The molecular formula is C19H24O5. The molecule has 1 N–H and O–H groups in total. The summed E-state index contributed by atoms with van der Waals surface area (Å²) in [4.78, 5) is 26.0. The smallest absolute Gasteiger partial charge is 0.320 e. The minimum absolute atomic E-state index is 0.0104. The number of phenolic OH excluding ortho intramolecular Hbond substituents is 1. The van der Waals surface area contributed by atoms with Gasteiger partial charge in [-0.25, -0.2) is 0 Å². The zero-order valence-electron chi connectivity index (χ0n) is 14.4. The Morgan fingerprint density at radius 3 is 2.46 bits per heavy atom.